The summed E-state index contributed by atoms with van der Waals surface area (Å²) in [5, 5.41) is 23.2. The molecular formula is C65H125NO5. The van der Waals surface area contributed by atoms with E-state index in [1.807, 2.05) is 0 Å². The molecule has 0 aliphatic carbocycles. The van der Waals surface area contributed by atoms with Gasteiger partial charge in [0.1, 0.15) is 0 Å². The zero-order chi connectivity index (χ0) is 51.4. The molecule has 0 aliphatic rings. The van der Waals surface area contributed by atoms with Gasteiger partial charge in [0, 0.05) is 12.8 Å². The molecule has 2 atom stereocenters. The lowest BCUT2D eigenvalue weighted by molar-refractivity contribution is -0.143. The second-order valence-electron chi connectivity index (χ2n) is 22.1. The summed E-state index contributed by atoms with van der Waals surface area (Å²) in [7, 11) is 0. The Kier molecular flexibility index (Phi) is 59.5. The Morgan fingerprint density at radius 1 is 0.394 bits per heavy atom. The van der Waals surface area contributed by atoms with Crippen molar-refractivity contribution in [1.29, 1.82) is 0 Å². The van der Waals surface area contributed by atoms with E-state index in [4.69, 9.17) is 4.74 Å². The number of nitrogens with one attached hydrogen (secondary N) is 1. The van der Waals surface area contributed by atoms with Crippen LogP contribution in [0.2, 0.25) is 0 Å². The Hall–Kier alpha value is -1.66. The number of aliphatic hydroxyl groups excluding tert-OH is 2. The number of carbonyl (C=O) groups is 2. The molecule has 0 aromatic heterocycles. The van der Waals surface area contributed by atoms with Crippen LogP contribution >= 0.6 is 0 Å². The largest absolute Gasteiger partial charge is 0.466 e. The van der Waals surface area contributed by atoms with Crippen LogP contribution in [0, 0.1) is 0 Å². The maximum absolute atomic E-state index is 12.5. The molecule has 6 nitrogen and oxygen atoms in total. The number of aliphatic hydroxyl groups is 2. The number of rotatable bonds is 60. The third-order valence-electron chi connectivity index (χ3n) is 15.0. The number of allylic oxidation sites excluding steroid dienone is 4. The molecular weight excluding hydrogens is 875 g/mol. The molecule has 0 rings (SSSR count). The van der Waals surface area contributed by atoms with Crippen LogP contribution in [0.4, 0.5) is 0 Å². The van der Waals surface area contributed by atoms with Gasteiger partial charge >= 0.3 is 5.97 Å². The SMILES string of the molecule is CCCCCCCCCCCCCCCCCCC(=O)OCCCCCCCCCCC/C=C\C/C=C\CCCCCCCCCCCC(=O)NC(CO)C(O)CCCCCCCCCCCCCCC. The van der Waals surface area contributed by atoms with Crippen LogP contribution in [-0.2, 0) is 14.3 Å². The fourth-order valence-corrected chi connectivity index (χ4v) is 10.1. The maximum Gasteiger partial charge on any atom is 0.305 e. The number of hydrogen-bond donors (Lipinski definition) is 3. The molecule has 0 bridgehead atoms. The van der Waals surface area contributed by atoms with E-state index in [-0.39, 0.29) is 18.5 Å². The number of esters is 1. The average Bonchev–Trinajstić information content (AvgIpc) is 3.37. The first-order chi connectivity index (χ1) is 35.0. The summed E-state index contributed by atoms with van der Waals surface area (Å²) >= 11 is 0. The highest BCUT2D eigenvalue weighted by molar-refractivity contribution is 5.76. The lowest BCUT2D eigenvalue weighted by atomic mass is 10.0. The summed E-state index contributed by atoms with van der Waals surface area (Å²) in [6.07, 6.45) is 74.8. The molecule has 0 saturated heterocycles. The summed E-state index contributed by atoms with van der Waals surface area (Å²) in [6, 6.07) is -0.545. The second kappa shape index (κ2) is 60.9. The minimum atomic E-state index is -0.667. The smallest absolute Gasteiger partial charge is 0.305 e. The van der Waals surface area contributed by atoms with Crippen LogP contribution in [-0.4, -0.2) is 47.4 Å². The van der Waals surface area contributed by atoms with E-state index in [1.165, 1.54) is 276 Å². The first-order valence-electron chi connectivity index (χ1n) is 32.1. The van der Waals surface area contributed by atoms with E-state index in [0.29, 0.717) is 25.9 Å². The van der Waals surface area contributed by atoms with Gasteiger partial charge in [0.25, 0.3) is 0 Å². The normalized spacial score (nSPS) is 12.7. The van der Waals surface area contributed by atoms with Crippen molar-refractivity contribution in [2.45, 2.75) is 366 Å². The Morgan fingerprint density at radius 3 is 1.07 bits per heavy atom. The molecule has 0 saturated carbocycles. The lowest BCUT2D eigenvalue weighted by Crippen LogP contribution is -2.45. The topological polar surface area (TPSA) is 95.9 Å². The van der Waals surface area contributed by atoms with E-state index < -0.39 is 12.1 Å². The van der Waals surface area contributed by atoms with Crippen LogP contribution < -0.4 is 5.32 Å². The summed E-state index contributed by atoms with van der Waals surface area (Å²) < 4.78 is 5.49. The number of amides is 1. The number of carbonyl (C=O) groups excluding carboxylic acids is 2. The molecule has 0 aromatic carbocycles. The first kappa shape index (κ1) is 69.3. The van der Waals surface area contributed by atoms with Crippen molar-refractivity contribution in [2.24, 2.45) is 0 Å². The van der Waals surface area contributed by atoms with Crippen molar-refractivity contribution >= 4 is 11.9 Å². The highest BCUT2D eigenvalue weighted by atomic mass is 16.5. The molecule has 71 heavy (non-hydrogen) atoms. The highest BCUT2D eigenvalue weighted by Crippen LogP contribution is 2.18. The van der Waals surface area contributed by atoms with E-state index in [9.17, 15) is 19.8 Å². The fraction of sp³-hybridized carbons (Fsp3) is 0.908. The standard InChI is InChI=1S/C65H125NO5/c1-3-5-7-9-11-13-15-17-18-31-35-39-43-47-51-55-59-65(70)71-60-56-52-48-44-40-36-32-29-27-25-23-21-19-20-22-24-26-28-30-34-38-42-46-50-54-58-64(69)66-62(61-67)63(68)57-53-49-45-41-37-33-16-14-12-10-8-6-4-2/h20-23,62-63,67-68H,3-19,24-61H2,1-2H3,(H,66,69)/b22-20-,23-21-. The van der Waals surface area contributed by atoms with E-state index in [1.54, 1.807) is 0 Å². The third kappa shape index (κ3) is 57.5. The number of unbranched alkanes of at least 4 members (excludes halogenated alkanes) is 45. The molecule has 0 heterocycles. The quantitative estimate of drug-likeness (QED) is 0.0320. The van der Waals surface area contributed by atoms with Gasteiger partial charge in [-0.1, -0.05) is 308 Å². The summed E-state index contributed by atoms with van der Waals surface area (Å²) in [4.78, 5) is 24.5. The van der Waals surface area contributed by atoms with Crippen LogP contribution in [0.25, 0.3) is 0 Å². The second-order valence-corrected chi connectivity index (χ2v) is 22.1. The number of ether oxygens (including phenoxy) is 1. The van der Waals surface area contributed by atoms with Gasteiger partial charge in [0.05, 0.1) is 25.4 Å². The minimum Gasteiger partial charge on any atom is -0.466 e. The molecule has 1 amide bonds. The third-order valence-corrected chi connectivity index (χ3v) is 15.0. The van der Waals surface area contributed by atoms with Crippen molar-refractivity contribution in [3.63, 3.8) is 0 Å². The monoisotopic (exact) mass is 1000 g/mol. The molecule has 0 spiro atoms. The van der Waals surface area contributed by atoms with Crippen LogP contribution in [0.15, 0.2) is 24.3 Å². The predicted octanol–water partition coefficient (Wildman–Crippen LogP) is 20.2. The van der Waals surface area contributed by atoms with Gasteiger partial charge in [-0.2, -0.15) is 0 Å². The predicted molar refractivity (Wildman–Crippen MR) is 310 cm³/mol. The van der Waals surface area contributed by atoms with E-state index in [0.717, 1.165) is 44.9 Å². The minimum absolute atomic E-state index is 0.0129. The highest BCUT2D eigenvalue weighted by Gasteiger charge is 2.20. The summed E-state index contributed by atoms with van der Waals surface area (Å²) in [5.74, 6) is -0.0270. The van der Waals surface area contributed by atoms with Gasteiger partial charge < -0.3 is 20.3 Å². The Balaban J connectivity index is 3.41. The van der Waals surface area contributed by atoms with Crippen molar-refractivity contribution in [2.75, 3.05) is 13.2 Å². The summed E-state index contributed by atoms with van der Waals surface area (Å²) in [6.45, 7) is 4.97. The Bertz CT molecular complexity index is 1110. The Morgan fingerprint density at radius 2 is 0.704 bits per heavy atom. The van der Waals surface area contributed by atoms with Gasteiger partial charge in [-0.05, 0) is 57.8 Å². The zero-order valence-corrected chi connectivity index (χ0v) is 48.0. The van der Waals surface area contributed by atoms with Gasteiger partial charge in [0.2, 0.25) is 5.91 Å². The fourth-order valence-electron chi connectivity index (χ4n) is 10.1. The molecule has 2 unspecified atom stereocenters. The molecule has 0 fully saturated rings. The van der Waals surface area contributed by atoms with Crippen molar-refractivity contribution in [3.05, 3.63) is 24.3 Å². The van der Waals surface area contributed by atoms with Crippen LogP contribution in [0.5, 0.6) is 0 Å². The zero-order valence-electron chi connectivity index (χ0n) is 48.0. The van der Waals surface area contributed by atoms with Crippen molar-refractivity contribution in [1.82, 2.24) is 5.32 Å². The van der Waals surface area contributed by atoms with Crippen molar-refractivity contribution in [3.8, 4) is 0 Å². The van der Waals surface area contributed by atoms with Gasteiger partial charge in [-0.15, -0.1) is 0 Å². The molecule has 0 aliphatic heterocycles. The van der Waals surface area contributed by atoms with Crippen molar-refractivity contribution < 1.29 is 24.5 Å². The van der Waals surface area contributed by atoms with Crippen LogP contribution in [0.1, 0.15) is 354 Å². The summed E-state index contributed by atoms with van der Waals surface area (Å²) in [5.41, 5.74) is 0. The maximum atomic E-state index is 12.5. The van der Waals surface area contributed by atoms with Gasteiger partial charge in [-0.25, -0.2) is 0 Å². The molecule has 420 valence electrons. The van der Waals surface area contributed by atoms with Gasteiger partial charge in [0.15, 0.2) is 0 Å². The molecule has 0 radical (unpaired) electrons. The Labute approximate surface area is 443 Å². The first-order valence-corrected chi connectivity index (χ1v) is 32.1. The number of hydrogen-bond acceptors (Lipinski definition) is 5. The molecule has 6 heteroatoms. The lowest BCUT2D eigenvalue weighted by Gasteiger charge is -2.22. The van der Waals surface area contributed by atoms with Gasteiger partial charge in [-0.3, -0.25) is 9.59 Å². The van der Waals surface area contributed by atoms with E-state index in [2.05, 4.69) is 43.5 Å². The molecule has 0 aromatic rings. The van der Waals surface area contributed by atoms with Crippen LogP contribution in [0.3, 0.4) is 0 Å². The van der Waals surface area contributed by atoms with E-state index >= 15 is 0 Å². The average molecular weight is 1000 g/mol. The molecule has 3 N–H and O–H groups in total.